The van der Waals surface area contributed by atoms with E-state index in [1.165, 1.54) is 0 Å². The summed E-state index contributed by atoms with van der Waals surface area (Å²) in [5.74, 6) is -0.0186. The molecule has 5 nitrogen and oxygen atoms in total. The number of rotatable bonds is 5. The first-order valence-electron chi connectivity index (χ1n) is 8.48. The molecule has 0 radical (unpaired) electrons. The first kappa shape index (κ1) is 17.3. The highest BCUT2D eigenvalue weighted by Gasteiger charge is 2.20. The van der Waals surface area contributed by atoms with E-state index in [2.05, 4.69) is 21.7 Å². The fraction of sp³-hybridized carbons (Fsp3) is 0.500. The predicted octanol–water partition coefficient (Wildman–Crippen LogP) is 2.69. The Labute approximate surface area is 147 Å². The van der Waals surface area contributed by atoms with Crippen molar-refractivity contribution in [2.45, 2.75) is 20.4 Å². The Balaban J connectivity index is 1.75. The smallest absolute Gasteiger partial charge is 0.268 e. The van der Waals surface area contributed by atoms with Crippen LogP contribution in [-0.2, 0) is 11.3 Å². The number of morpholine rings is 1. The Hall–Kier alpha value is -1.56. The van der Waals surface area contributed by atoms with E-state index in [-0.39, 0.29) is 5.91 Å². The highest BCUT2D eigenvalue weighted by atomic mass is 35.5. The van der Waals surface area contributed by atoms with Crippen molar-refractivity contribution < 1.29 is 9.53 Å². The lowest BCUT2D eigenvalue weighted by molar-refractivity contribution is 0.0383. The third-order valence-corrected chi connectivity index (χ3v) is 4.86. The standard InChI is InChI=1S/C18H24ClN3O2/c1-3-22-16-5-4-14(19)12-15(16)13(2)17(22)18(23)20-6-7-21-8-10-24-11-9-21/h4-5,12H,3,6-11H2,1-2H3,(H,20,23). The van der Waals surface area contributed by atoms with Crippen molar-refractivity contribution in [3.63, 3.8) is 0 Å². The molecule has 6 heteroatoms. The number of carbonyl (C=O) groups excluding carboxylic acids is 1. The number of ether oxygens (including phenoxy) is 1. The first-order chi connectivity index (χ1) is 11.6. The number of aryl methyl sites for hydroxylation is 2. The van der Waals surface area contributed by atoms with E-state index in [4.69, 9.17) is 16.3 Å². The van der Waals surface area contributed by atoms with Crippen LogP contribution in [0.5, 0.6) is 0 Å². The molecule has 1 N–H and O–H groups in total. The lowest BCUT2D eigenvalue weighted by atomic mass is 10.1. The van der Waals surface area contributed by atoms with Crippen LogP contribution in [0, 0.1) is 6.92 Å². The van der Waals surface area contributed by atoms with Crippen molar-refractivity contribution in [2.24, 2.45) is 0 Å². The van der Waals surface area contributed by atoms with Crippen LogP contribution >= 0.6 is 11.6 Å². The van der Waals surface area contributed by atoms with E-state index >= 15 is 0 Å². The summed E-state index contributed by atoms with van der Waals surface area (Å²) in [6.45, 7) is 9.70. The van der Waals surface area contributed by atoms with Crippen molar-refractivity contribution in [1.29, 1.82) is 0 Å². The summed E-state index contributed by atoms with van der Waals surface area (Å²) in [5.41, 5.74) is 2.77. The van der Waals surface area contributed by atoms with Crippen LogP contribution < -0.4 is 5.32 Å². The number of nitrogens with zero attached hydrogens (tertiary/aromatic N) is 2. The molecule has 1 aliphatic rings. The van der Waals surface area contributed by atoms with Gasteiger partial charge in [0.05, 0.1) is 13.2 Å². The number of fused-ring (bicyclic) bond motifs is 1. The fourth-order valence-electron chi connectivity index (χ4n) is 3.35. The summed E-state index contributed by atoms with van der Waals surface area (Å²) < 4.78 is 7.40. The minimum absolute atomic E-state index is 0.0186. The van der Waals surface area contributed by atoms with Gasteiger partial charge in [-0.15, -0.1) is 0 Å². The molecule has 1 aromatic heterocycles. The molecule has 24 heavy (non-hydrogen) atoms. The predicted molar refractivity (Wildman–Crippen MR) is 97.0 cm³/mol. The Kier molecular flexibility index (Phi) is 5.43. The van der Waals surface area contributed by atoms with Crippen molar-refractivity contribution in [3.05, 3.63) is 34.5 Å². The van der Waals surface area contributed by atoms with Gasteiger partial charge in [-0.3, -0.25) is 9.69 Å². The molecule has 2 heterocycles. The van der Waals surface area contributed by atoms with Gasteiger partial charge in [0, 0.05) is 48.6 Å². The number of aromatic nitrogens is 1. The highest BCUT2D eigenvalue weighted by molar-refractivity contribution is 6.31. The van der Waals surface area contributed by atoms with Crippen LogP contribution in [0.3, 0.4) is 0 Å². The van der Waals surface area contributed by atoms with Gasteiger partial charge in [-0.1, -0.05) is 11.6 Å². The molecule has 1 amide bonds. The second kappa shape index (κ2) is 7.55. The summed E-state index contributed by atoms with van der Waals surface area (Å²) in [7, 11) is 0. The van der Waals surface area contributed by atoms with Crippen molar-refractivity contribution in [3.8, 4) is 0 Å². The van der Waals surface area contributed by atoms with E-state index in [9.17, 15) is 4.79 Å². The maximum absolute atomic E-state index is 12.7. The third-order valence-electron chi connectivity index (χ3n) is 4.63. The zero-order valence-corrected chi connectivity index (χ0v) is 15.0. The molecule has 3 rings (SSSR count). The molecule has 0 aliphatic carbocycles. The summed E-state index contributed by atoms with van der Waals surface area (Å²) in [5, 5.41) is 4.80. The van der Waals surface area contributed by atoms with Crippen LogP contribution in [0.15, 0.2) is 18.2 Å². The van der Waals surface area contributed by atoms with E-state index in [1.807, 2.05) is 25.1 Å². The Morgan fingerprint density at radius 3 is 2.79 bits per heavy atom. The number of nitrogens with one attached hydrogen (secondary N) is 1. The number of hydrogen-bond acceptors (Lipinski definition) is 3. The van der Waals surface area contributed by atoms with Gasteiger partial charge in [0.15, 0.2) is 0 Å². The van der Waals surface area contributed by atoms with E-state index in [1.54, 1.807) is 0 Å². The summed E-state index contributed by atoms with van der Waals surface area (Å²) in [4.78, 5) is 15.0. The fourth-order valence-corrected chi connectivity index (χ4v) is 3.52. The molecular formula is C18H24ClN3O2. The molecule has 0 spiro atoms. The number of hydrogen-bond donors (Lipinski definition) is 1. The quantitative estimate of drug-likeness (QED) is 0.902. The largest absolute Gasteiger partial charge is 0.379 e. The van der Waals surface area contributed by atoms with E-state index in [0.29, 0.717) is 11.6 Å². The molecular weight excluding hydrogens is 326 g/mol. The van der Waals surface area contributed by atoms with Crippen LogP contribution in [0.4, 0.5) is 0 Å². The molecule has 0 unspecified atom stereocenters. The number of amides is 1. The lowest BCUT2D eigenvalue weighted by Crippen LogP contribution is -2.41. The van der Waals surface area contributed by atoms with Crippen molar-refractivity contribution >= 4 is 28.4 Å². The maximum atomic E-state index is 12.7. The number of halogens is 1. The molecule has 0 saturated carbocycles. The van der Waals surface area contributed by atoms with Gasteiger partial charge in [0.25, 0.3) is 5.91 Å². The summed E-state index contributed by atoms with van der Waals surface area (Å²) in [6.07, 6.45) is 0. The number of benzene rings is 1. The number of carbonyl (C=O) groups is 1. The normalized spacial score (nSPS) is 15.8. The van der Waals surface area contributed by atoms with Gasteiger partial charge in [-0.25, -0.2) is 0 Å². The SMILES string of the molecule is CCn1c(C(=O)NCCN2CCOCC2)c(C)c2cc(Cl)ccc21. The molecule has 2 aromatic rings. The van der Waals surface area contributed by atoms with Gasteiger partial charge >= 0.3 is 0 Å². The third kappa shape index (κ3) is 3.43. The topological polar surface area (TPSA) is 46.5 Å². The average molecular weight is 350 g/mol. The monoisotopic (exact) mass is 349 g/mol. The van der Waals surface area contributed by atoms with Crippen LogP contribution in [0.25, 0.3) is 10.9 Å². The summed E-state index contributed by atoms with van der Waals surface area (Å²) in [6, 6.07) is 5.79. The van der Waals surface area contributed by atoms with Crippen molar-refractivity contribution in [2.75, 3.05) is 39.4 Å². The molecule has 1 aromatic carbocycles. The minimum Gasteiger partial charge on any atom is -0.379 e. The molecule has 130 valence electrons. The second-order valence-electron chi connectivity index (χ2n) is 6.09. The van der Waals surface area contributed by atoms with Crippen molar-refractivity contribution in [1.82, 2.24) is 14.8 Å². The molecule has 1 aliphatic heterocycles. The Bertz CT molecular complexity index is 735. The second-order valence-corrected chi connectivity index (χ2v) is 6.53. The zero-order chi connectivity index (χ0) is 17.1. The minimum atomic E-state index is -0.0186. The van der Waals surface area contributed by atoms with Crippen LogP contribution in [0.1, 0.15) is 23.0 Å². The summed E-state index contributed by atoms with van der Waals surface area (Å²) >= 11 is 6.12. The molecule has 1 saturated heterocycles. The Morgan fingerprint density at radius 1 is 1.33 bits per heavy atom. The molecule has 0 atom stereocenters. The maximum Gasteiger partial charge on any atom is 0.268 e. The Morgan fingerprint density at radius 2 is 2.08 bits per heavy atom. The average Bonchev–Trinajstić information content (AvgIpc) is 2.87. The van der Waals surface area contributed by atoms with Gasteiger partial charge < -0.3 is 14.6 Å². The van der Waals surface area contributed by atoms with E-state index < -0.39 is 0 Å². The van der Waals surface area contributed by atoms with Gasteiger partial charge in [-0.2, -0.15) is 0 Å². The van der Waals surface area contributed by atoms with Gasteiger partial charge in [-0.05, 0) is 37.6 Å². The van der Waals surface area contributed by atoms with Crippen LogP contribution in [-0.4, -0.2) is 54.8 Å². The van der Waals surface area contributed by atoms with Gasteiger partial charge in [0.1, 0.15) is 5.69 Å². The lowest BCUT2D eigenvalue weighted by Gasteiger charge is -2.26. The van der Waals surface area contributed by atoms with Gasteiger partial charge in [0.2, 0.25) is 0 Å². The van der Waals surface area contributed by atoms with Crippen LogP contribution in [0.2, 0.25) is 5.02 Å². The van der Waals surface area contributed by atoms with E-state index in [0.717, 1.165) is 61.6 Å². The zero-order valence-electron chi connectivity index (χ0n) is 14.3. The highest BCUT2D eigenvalue weighted by Crippen LogP contribution is 2.28. The molecule has 0 bridgehead atoms. The first-order valence-corrected chi connectivity index (χ1v) is 8.86. The molecule has 1 fully saturated rings.